The largest absolute Gasteiger partial charge is 0.508 e. The Bertz CT molecular complexity index is 384. The summed E-state index contributed by atoms with van der Waals surface area (Å²) in [6.45, 7) is 3.57. The van der Waals surface area contributed by atoms with E-state index < -0.39 is 0 Å². The van der Waals surface area contributed by atoms with Crippen molar-refractivity contribution in [1.29, 1.82) is 0 Å². The molecule has 2 rings (SSSR count). The van der Waals surface area contributed by atoms with Crippen molar-refractivity contribution in [3.05, 3.63) is 67.0 Å². The third-order valence-electron chi connectivity index (χ3n) is 1.65. The maximum Gasteiger partial charge on any atom is 0.115 e. The standard InChI is InChI=1S/C7H7N.C6H6O/c1-2-7-5-3-4-6-8-7;7-6-4-2-1-3-5-6/h2-6H,1H2;1-5,7H. The lowest BCUT2D eigenvalue weighted by molar-refractivity contribution is 0.475. The van der Waals surface area contributed by atoms with Gasteiger partial charge in [-0.1, -0.05) is 30.8 Å². The van der Waals surface area contributed by atoms with E-state index in [2.05, 4.69) is 11.6 Å². The van der Waals surface area contributed by atoms with Crippen LogP contribution in [-0.4, -0.2) is 10.1 Å². The molecule has 76 valence electrons. The van der Waals surface area contributed by atoms with E-state index in [4.69, 9.17) is 5.11 Å². The molecule has 0 amide bonds. The molecule has 0 radical (unpaired) electrons. The Morgan fingerprint density at radius 3 is 2.00 bits per heavy atom. The molecule has 2 aromatic rings. The zero-order chi connectivity index (χ0) is 10.9. The van der Waals surface area contributed by atoms with E-state index in [0.29, 0.717) is 5.75 Å². The maximum absolute atomic E-state index is 8.63. The zero-order valence-corrected chi connectivity index (χ0v) is 8.38. The molecule has 0 aliphatic carbocycles. The van der Waals surface area contributed by atoms with E-state index in [9.17, 15) is 0 Å². The molecule has 0 atom stereocenters. The summed E-state index contributed by atoms with van der Waals surface area (Å²) in [6.07, 6.45) is 3.47. The Morgan fingerprint density at radius 2 is 1.67 bits per heavy atom. The molecule has 2 nitrogen and oxygen atoms in total. The van der Waals surface area contributed by atoms with Gasteiger partial charge >= 0.3 is 0 Å². The lowest BCUT2D eigenvalue weighted by atomic mass is 10.3. The van der Waals surface area contributed by atoms with Crippen LogP contribution >= 0.6 is 0 Å². The van der Waals surface area contributed by atoms with Crippen LogP contribution in [0.2, 0.25) is 0 Å². The lowest BCUT2D eigenvalue weighted by Crippen LogP contribution is -1.73. The van der Waals surface area contributed by atoms with Crippen molar-refractivity contribution >= 4 is 6.08 Å². The minimum absolute atomic E-state index is 0.322. The molecule has 15 heavy (non-hydrogen) atoms. The van der Waals surface area contributed by atoms with Gasteiger partial charge in [0, 0.05) is 6.20 Å². The van der Waals surface area contributed by atoms with Gasteiger partial charge < -0.3 is 5.11 Å². The fraction of sp³-hybridized carbons (Fsp3) is 0. The predicted molar refractivity (Wildman–Crippen MR) is 62.4 cm³/mol. The molecule has 0 aliphatic heterocycles. The first kappa shape index (κ1) is 11.0. The zero-order valence-electron chi connectivity index (χ0n) is 8.38. The number of phenolic OH excluding ortho intramolecular Hbond substituents is 1. The summed E-state index contributed by atoms with van der Waals surface area (Å²) in [7, 11) is 0. The Labute approximate surface area is 89.5 Å². The molecule has 1 heterocycles. The van der Waals surface area contributed by atoms with Crippen molar-refractivity contribution in [1.82, 2.24) is 4.98 Å². The molecule has 0 unspecified atom stereocenters. The first-order valence-electron chi connectivity index (χ1n) is 4.60. The quantitative estimate of drug-likeness (QED) is 0.765. The van der Waals surface area contributed by atoms with Crippen molar-refractivity contribution in [2.75, 3.05) is 0 Å². The third-order valence-corrected chi connectivity index (χ3v) is 1.65. The third kappa shape index (κ3) is 4.62. The van der Waals surface area contributed by atoms with Crippen molar-refractivity contribution in [3.8, 4) is 5.75 Å². The number of rotatable bonds is 1. The highest BCUT2D eigenvalue weighted by Gasteiger charge is 1.77. The second-order valence-corrected chi connectivity index (χ2v) is 2.79. The predicted octanol–water partition coefficient (Wildman–Crippen LogP) is 3.12. The number of phenols is 1. The topological polar surface area (TPSA) is 33.1 Å². The summed E-state index contributed by atoms with van der Waals surface area (Å²) >= 11 is 0. The SMILES string of the molecule is C=Cc1ccccn1.Oc1ccccc1. The molecular formula is C13H13NO. The Balaban J connectivity index is 0.000000151. The molecular weight excluding hydrogens is 186 g/mol. The van der Waals surface area contributed by atoms with Gasteiger partial charge in [0.1, 0.15) is 5.75 Å². The highest BCUT2D eigenvalue weighted by atomic mass is 16.3. The van der Waals surface area contributed by atoms with E-state index in [1.165, 1.54) is 0 Å². The number of nitrogens with zero attached hydrogens (tertiary/aromatic N) is 1. The monoisotopic (exact) mass is 199 g/mol. The van der Waals surface area contributed by atoms with Crippen LogP contribution in [0.15, 0.2) is 61.3 Å². The van der Waals surface area contributed by atoms with Crippen molar-refractivity contribution in [2.45, 2.75) is 0 Å². The summed E-state index contributed by atoms with van der Waals surface area (Å²) in [4.78, 5) is 3.98. The van der Waals surface area contributed by atoms with Gasteiger partial charge in [-0.05, 0) is 30.3 Å². The Hall–Kier alpha value is -2.09. The minimum atomic E-state index is 0.322. The maximum atomic E-state index is 8.63. The smallest absolute Gasteiger partial charge is 0.115 e. The van der Waals surface area contributed by atoms with Gasteiger partial charge in [0.15, 0.2) is 0 Å². The Morgan fingerprint density at radius 1 is 1.00 bits per heavy atom. The molecule has 0 saturated heterocycles. The van der Waals surface area contributed by atoms with Gasteiger partial charge in [-0.15, -0.1) is 0 Å². The van der Waals surface area contributed by atoms with Crippen LogP contribution < -0.4 is 0 Å². The number of aromatic hydroxyl groups is 1. The average Bonchev–Trinajstić information content (AvgIpc) is 2.32. The fourth-order valence-corrected chi connectivity index (χ4v) is 0.925. The molecule has 1 aromatic heterocycles. The molecule has 2 heteroatoms. The van der Waals surface area contributed by atoms with Gasteiger partial charge in [-0.3, -0.25) is 4.98 Å². The second kappa shape index (κ2) is 6.38. The minimum Gasteiger partial charge on any atom is -0.508 e. The normalized spacial score (nSPS) is 8.53. The number of pyridine rings is 1. The van der Waals surface area contributed by atoms with Crippen LogP contribution in [0, 0.1) is 0 Å². The molecule has 0 fully saturated rings. The summed E-state index contributed by atoms with van der Waals surface area (Å²) < 4.78 is 0. The van der Waals surface area contributed by atoms with E-state index in [-0.39, 0.29) is 0 Å². The van der Waals surface area contributed by atoms with Gasteiger partial charge in [0.2, 0.25) is 0 Å². The highest BCUT2D eigenvalue weighted by molar-refractivity contribution is 5.40. The average molecular weight is 199 g/mol. The van der Waals surface area contributed by atoms with Crippen LogP contribution in [0.4, 0.5) is 0 Å². The van der Waals surface area contributed by atoms with Crippen molar-refractivity contribution in [3.63, 3.8) is 0 Å². The lowest BCUT2D eigenvalue weighted by Gasteiger charge is -1.84. The van der Waals surface area contributed by atoms with Gasteiger partial charge in [-0.2, -0.15) is 0 Å². The van der Waals surface area contributed by atoms with Crippen LogP contribution in [0.25, 0.3) is 6.08 Å². The summed E-state index contributed by atoms with van der Waals surface area (Å²) in [5.74, 6) is 0.322. The highest BCUT2D eigenvalue weighted by Crippen LogP contribution is 2.02. The first-order valence-corrected chi connectivity index (χ1v) is 4.60. The van der Waals surface area contributed by atoms with Gasteiger partial charge in [-0.25, -0.2) is 0 Å². The summed E-state index contributed by atoms with van der Waals surface area (Å²) in [5, 5.41) is 8.63. The van der Waals surface area contributed by atoms with E-state index >= 15 is 0 Å². The molecule has 1 aromatic carbocycles. The number of hydrogen-bond donors (Lipinski definition) is 1. The van der Waals surface area contributed by atoms with E-state index in [1.807, 2.05) is 24.3 Å². The molecule has 0 saturated carbocycles. The fourth-order valence-electron chi connectivity index (χ4n) is 0.925. The number of aromatic nitrogens is 1. The number of hydrogen-bond acceptors (Lipinski definition) is 2. The van der Waals surface area contributed by atoms with Crippen LogP contribution in [-0.2, 0) is 0 Å². The Kier molecular flexibility index (Phi) is 4.67. The molecule has 0 bridgehead atoms. The first-order chi connectivity index (χ1) is 7.33. The van der Waals surface area contributed by atoms with E-state index in [1.54, 1.807) is 36.5 Å². The van der Waals surface area contributed by atoms with E-state index in [0.717, 1.165) is 5.69 Å². The van der Waals surface area contributed by atoms with Crippen LogP contribution in [0.1, 0.15) is 5.69 Å². The second-order valence-electron chi connectivity index (χ2n) is 2.79. The van der Waals surface area contributed by atoms with Gasteiger partial charge in [0.05, 0.1) is 5.69 Å². The molecule has 0 spiro atoms. The van der Waals surface area contributed by atoms with Crippen molar-refractivity contribution < 1.29 is 5.11 Å². The molecule has 1 N–H and O–H groups in total. The summed E-state index contributed by atoms with van der Waals surface area (Å²) in [5.41, 5.74) is 0.924. The van der Waals surface area contributed by atoms with Gasteiger partial charge in [0.25, 0.3) is 0 Å². The van der Waals surface area contributed by atoms with Crippen molar-refractivity contribution in [2.24, 2.45) is 0 Å². The van der Waals surface area contributed by atoms with Crippen LogP contribution in [0.3, 0.4) is 0 Å². The van der Waals surface area contributed by atoms with Crippen LogP contribution in [0.5, 0.6) is 5.75 Å². The molecule has 0 aliphatic rings. The summed E-state index contributed by atoms with van der Waals surface area (Å²) in [6, 6.07) is 14.4. The number of benzene rings is 1. The number of para-hydroxylation sites is 1.